The van der Waals surface area contributed by atoms with E-state index in [4.69, 9.17) is 23.7 Å². The van der Waals surface area contributed by atoms with Crippen LogP contribution in [0.25, 0.3) is 10.8 Å². The summed E-state index contributed by atoms with van der Waals surface area (Å²) in [5.74, 6) is 3.30. The summed E-state index contributed by atoms with van der Waals surface area (Å²) < 4.78 is 27.3. The molecule has 3 rings (SSSR count). The van der Waals surface area contributed by atoms with E-state index in [9.17, 15) is 0 Å². The van der Waals surface area contributed by atoms with Crippen LogP contribution < -0.4 is 23.7 Å². The third-order valence-electron chi connectivity index (χ3n) is 4.79. The van der Waals surface area contributed by atoms with Gasteiger partial charge in [-0.15, -0.1) is 12.4 Å². The molecule has 29 heavy (non-hydrogen) atoms. The number of ether oxygens (including phenoxy) is 5. The predicted molar refractivity (Wildman–Crippen MR) is 116 cm³/mol. The van der Waals surface area contributed by atoms with Crippen LogP contribution in [0.3, 0.4) is 0 Å². The second-order valence-corrected chi connectivity index (χ2v) is 6.30. The fourth-order valence-electron chi connectivity index (χ4n) is 3.36. The van der Waals surface area contributed by atoms with Gasteiger partial charge in [0.05, 0.1) is 35.5 Å². The highest BCUT2D eigenvalue weighted by Crippen LogP contribution is 2.38. The molecule has 0 aliphatic rings. The van der Waals surface area contributed by atoms with Crippen LogP contribution in [0.5, 0.6) is 28.9 Å². The van der Waals surface area contributed by atoms with Crippen LogP contribution in [0.1, 0.15) is 16.8 Å². The Kier molecular flexibility index (Phi) is 7.40. The Bertz CT molecular complexity index is 1010. The highest BCUT2D eigenvalue weighted by atomic mass is 35.5. The maximum Gasteiger partial charge on any atom is 0.217 e. The number of pyridine rings is 1. The number of hydrogen-bond acceptors (Lipinski definition) is 6. The minimum absolute atomic E-state index is 0. The summed E-state index contributed by atoms with van der Waals surface area (Å²) in [4.78, 5) is 4.65. The third kappa shape index (κ3) is 4.27. The first-order valence-electron chi connectivity index (χ1n) is 8.86. The van der Waals surface area contributed by atoms with Gasteiger partial charge in [-0.05, 0) is 42.1 Å². The maximum absolute atomic E-state index is 5.60. The standard InChI is InChI=1S/C22H25NO5.ClH/c1-13-15-11-20(26-4)21(27-5)12-16(15)17(22(23-13)28-6)9-14-7-8-18(24-2)19(10-14)25-3;/h7-8,10-12H,9H2,1-6H3;1H. The van der Waals surface area contributed by atoms with Crippen LogP contribution in [0, 0.1) is 6.92 Å². The van der Waals surface area contributed by atoms with Crippen molar-refractivity contribution < 1.29 is 23.7 Å². The van der Waals surface area contributed by atoms with Gasteiger partial charge in [0.25, 0.3) is 0 Å². The highest BCUT2D eigenvalue weighted by Gasteiger charge is 2.17. The molecule has 0 amide bonds. The molecule has 3 aromatic rings. The Morgan fingerprint density at radius 1 is 0.690 bits per heavy atom. The molecule has 0 unspecified atom stereocenters. The molecular formula is C22H26ClNO5. The van der Waals surface area contributed by atoms with Crippen LogP contribution >= 0.6 is 12.4 Å². The number of rotatable bonds is 7. The number of aromatic nitrogens is 1. The quantitative estimate of drug-likeness (QED) is 0.557. The average Bonchev–Trinajstić information content (AvgIpc) is 2.74. The summed E-state index contributed by atoms with van der Waals surface area (Å²) in [7, 11) is 8.13. The molecule has 7 heteroatoms. The SMILES string of the molecule is COc1ccc(Cc2c(OC)nc(C)c3cc(OC)c(OC)cc23)cc1OC.Cl. The molecule has 156 valence electrons. The van der Waals surface area contributed by atoms with Crippen LogP contribution in [-0.2, 0) is 6.42 Å². The van der Waals surface area contributed by atoms with Crippen molar-refractivity contribution in [1.82, 2.24) is 4.98 Å². The van der Waals surface area contributed by atoms with Crippen LogP contribution in [0.15, 0.2) is 30.3 Å². The molecule has 2 aromatic carbocycles. The zero-order valence-corrected chi connectivity index (χ0v) is 18.3. The lowest BCUT2D eigenvalue weighted by molar-refractivity contribution is 0.354. The monoisotopic (exact) mass is 419 g/mol. The van der Waals surface area contributed by atoms with Crippen LogP contribution in [0.4, 0.5) is 0 Å². The molecule has 1 aromatic heterocycles. The van der Waals surface area contributed by atoms with Crippen molar-refractivity contribution in [1.29, 1.82) is 0 Å². The van der Waals surface area contributed by atoms with Gasteiger partial charge in [0.15, 0.2) is 23.0 Å². The zero-order valence-electron chi connectivity index (χ0n) is 17.5. The molecule has 0 saturated carbocycles. The minimum atomic E-state index is 0. The first-order valence-corrected chi connectivity index (χ1v) is 8.86. The van der Waals surface area contributed by atoms with E-state index >= 15 is 0 Å². The van der Waals surface area contributed by atoms with E-state index in [2.05, 4.69) is 4.98 Å². The van der Waals surface area contributed by atoms with Crippen LogP contribution in [-0.4, -0.2) is 40.5 Å². The van der Waals surface area contributed by atoms with Gasteiger partial charge in [-0.1, -0.05) is 6.07 Å². The zero-order chi connectivity index (χ0) is 20.3. The summed E-state index contributed by atoms with van der Waals surface area (Å²) in [6, 6.07) is 9.79. The molecule has 0 aliphatic carbocycles. The number of methoxy groups -OCH3 is 5. The van der Waals surface area contributed by atoms with Crippen molar-refractivity contribution in [3.8, 4) is 28.9 Å². The molecular weight excluding hydrogens is 394 g/mol. The van der Waals surface area contributed by atoms with Gasteiger partial charge in [-0.2, -0.15) is 0 Å². The van der Waals surface area contributed by atoms with Gasteiger partial charge in [-0.25, -0.2) is 4.98 Å². The van der Waals surface area contributed by atoms with Gasteiger partial charge >= 0.3 is 0 Å². The number of nitrogens with zero attached hydrogens (tertiary/aromatic N) is 1. The second kappa shape index (κ2) is 9.56. The average molecular weight is 420 g/mol. The van der Waals surface area contributed by atoms with Gasteiger partial charge in [0, 0.05) is 23.1 Å². The van der Waals surface area contributed by atoms with Gasteiger partial charge in [0.2, 0.25) is 5.88 Å². The van der Waals surface area contributed by atoms with Crippen molar-refractivity contribution >= 4 is 23.2 Å². The minimum Gasteiger partial charge on any atom is -0.493 e. The molecule has 0 N–H and O–H groups in total. The Hall–Kier alpha value is -2.86. The summed E-state index contributed by atoms with van der Waals surface area (Å²) >= 11 is 0. The summed E-state index contributed by atoms with van der Waals surface area (Å²) in [6.07, 6.45) is 0.614. The largest absolute Gasteiger partial charge is 0.493 e. The summed E-state index contributed by atoms with van der Waals surface area (Å²) in [5.41, 5.74) is 2.89. The van der Waals surface area contributed by atoms with E-state index in [1.54, 1.807) is 35.5 Å². The Balaban J connectivity index is 0.00000300. The van der Waals surface area contributed by atoms with Crippen molar-refractivity contribution in [2.24, 2.45) is 0 Å². The van der Waals surface area contributed by atoms with E-state index in [-0.39, 0.29) is 12.4 Å². The smallest absolute Gasteiger partial charge is 0.217 e. The first kappa shape index (κ1) is 22.4. The number of aryl methyl sites for hydroxylation is 1. The number of fused-ring (bicyclic) bond motifs is 1. The Morgan fingerprint density at radius 3 is 1.79 bits per heavy atom. The number of halogens is 1. The predicted octanol–water partition coefficient (Wildman–Crippen LogP) is 4.60. The van der Waals surface area contributed by atoms with Crippen molar-refractivity contribution in [3.05, 3.63) is 47.2 Å². The molecule has 0 radical (unpaired) electrons. The third-order valence-corrected chi connectivity index (χ3v) is 4.79. The fraction of sp³-hybridized carbons (Fsp3) is 0.318. The maximum atomic E-state index is 5.60. The molecule has 0 aliphatic heterocycles. The summed E-state index contributed by atoms with van der Waals surface area (Å²) in [6.45, 7) is 1.96. The Morgan fingerprint density at radius 2 is 1.24 bits per heavy atom. The van der Waals surface area contributed by atoms with E-state index in [0.29, 0.717) is 35.3 Å². The molecule has 6 nitrogen and oxygen atoms in total. The molecule has 0 saturated heterocycles. The molecule has 0 spiro atoms. The van der Waals surface area contributed by atoms with E-state index in [1.807, 2.05) is 37.3 Å². The van der Waals surface area contributed by atoms with Crippen molar-refractivity contribution in [3.63, 3.8) is 0 Å². The lowest BCUT2D eigenvalue weighted by Crippen LogP contribution is -2.02. The number of benzene rings is 2. The lowest BCUT2D eigenvalue weighted by Gasteiger charge is -2.17. The molecule has 1 heterocycles. The van der Waals surface area contributed by atoms with Crippen molar-refractivity contribution in [2.45, 2.75) is 13.3 Å². The van der Waals surface area contributed by atoms with Gasteiger partial charge < -0.3 is 23.7 Å². The summed E-state index contributed by atoms with van der Waals surface area (Å²) in [5, 5.41) is 2.01. The van der Waals surface area contributed by atoms with Gasteiger partial charge in [0.1, 0.15) is 0 Å². The molecule has 0 atom stereocenters. The van der Waals surface area contributed by atoms with Gasteiger partial charge in [-0.3, -0.25) is 0 Å². The van der Waals surface area contributed by atoms with E-state index < -0.39 is 0 Å². The highest BCUT2D eigenvalue weighted by molar-refractivity contribution is 5.92. The number of hydrogen-bond donors (Lipinski definition) is 0. The normalized spacial score (nSPS) is 10.3. The lowest BCUT2D eigenvalue weighted by atomic mass is 9.98. The van der Waals surface area contributed by atoms with Crippen molar-refractivity contribution in [2.75, 3.05) is 35.5 Å². The Labute approximate surface area is 177 Å². The topological polar surface area (TPSA) is 59.0 Å². The first-order chi connectivity index (χ1) is 13.6. The van der Waals surface area contributed by atoms with Crippen LogP contribution in [0.2, 0.25) is 0 Å². The second-order valence-electron chi connectivity index (χ2n) is 6.30. The molecule has 0 fully saturated rings. The van der Waals surface area contributed by atoms with E-state index in [1.165, 1.54) is 0 Å². The molecule has 0 bridgehead atoms. The van der Waals surface area contributed by atoms with E-state index in [0.717, 1.165) is 27.6 Å². The fourth-order valence-corrected chi connectivity index (χ4v) is 3.36.